The van der Waals surface area contributed by atoms with Gasteiger partial charge in [0, 0.05) is 19.1 Å². The standard InChI is InChI=1S/C13H18N2O2/c1-9-2-3-12(17-9)13(16)14-11-6-10-4-5-15(7-10)8-11/h2-3,10-11H,4-8H2,1H3,(H,14,16)/t10-,11-/m1/s1. The number of fused-ring (bicyclic) bond motifs is 2. The minimum atomic E-state index is -0.0781. The second-order valence-electron chi connectivity index (χ2n) is 5.23. The molecular weight excluding hydrogens is 216 g/mol. The summed E-state index contributed by atoms with van der Waals surface area (Å²) in [5, 5.41) is 3.07. The van der Waals surface area contributed by atoms with Crippen molar-refractivity contribution in [2.75, 3.05) is 19.6 Å². The third-order valence-electron chi connectivity index (χ3n) is 3.77. The molecule has 2 fully saturated rings. The second-order valence-corrected chi connectivity index (χ2v) is 5.23. The lowest BCUT2D eigenvalue weighted by atomic mass is 9.97. The van der Waals surface area contributed by atoms with Crippen LogP contribution in [-0.4, -0.2) is 36.5 Å². The maximum Gasteiger partial charge on any atom is 0.287 e. The Labute approximate surface area is 101 Å². The number of hydrogen-bond acceptors (Lipinski definition) is 3. The highest BCUT2D eigenvalue weighted by Crippen LogP contribution is 2.26. The lowest BCUT2D eigenvalue weighted by Gasteiger charge is -2.30. The van der Waals surface area contributed by atoms with Crippen LogP contribution in [0.15, 0.2) is 16.5 Å². The molecule has 1 N–H and O–H groups in total. The van der Waals surface area contributed by atoms with Crippen molar-refractivity contribution in [3.05, 3.63) is 23.7 Å². The van der Waals surface area contributed by atoms with E-state index in [2.05, 4.69) is 10.2 Å². The summed E-state index contributed by atoms with van der Waals surface area (Å²) in [6.07, 6.45) is 2.40. The highest BCUT2D eigenvalue weighted by atomic mass is 16.3. The number of nitrogens with zero attached hydrogens (tertiary/aromatic N) is 1. The zero-order chi connectivity index (χ0) is 11.8. The Morgan fingerprint density at radius 2 is 2.35 bits per heavy atom. The molecule has 0 spiro atoms. The van der Waals surface area contributed by atoms with Crippen molar-refractivity contribution >= 4 is 5.91 Å². The van der Waals surface area contributed by atoms with Gasteiger partial charge in [-0.05, 0) is 44.4 Å². The van der Waals surface area contributed by atoms with E-state index in [4.69, 9.17) is 4.42 Å². The first-order chi connectivity index (χ1) is 8.20. The highest BCUT2D eigenvalue weighted by Gasteiger charge is 2.33. The highest BCUT2D eigenvalue weighted by molar-refractivity contribution is 5.91. The summed E-state index contributed by atoms with van der Waals surface area (Å²) < 4.78 is 5.33. The van der Waals surface area contributed by atoms with Gasteiger partial charge in [0.15, 0.2) is 5.76 Å². The third kappa shape index (κ3) is 2.22. The van der Waals surface area contributed by atoms with Crippen molar-refractivity contribution in [1.82, 2.24) is 10.2 Å². The van der Waals surface area contributed by atoms with Crippen LogP contribution in [0.25, 0.3) is 0 Å². The van der Waals surface area contributed by atoms with Crippen LogP contribution in [0.3, 0.4) is 0 Å². The van der Waals surface area contributed by atoms with Crippen LogP contribution in [0.2, 0.25) is 0 Å². The summed E-state index contributed by atoms with van der Waals surface area (Å²) >= 11 is 0. The Hall–Kier alpha value is -1.29. The summed E-state index contributed by atoms with van der Waals surface area (Å²) in [7, 11) is 0. The summed E-state index contributed by atoms with van der Waals surface area (Å²) in [5.74, 6) is 1.90. The van der Waals surface area contributed by atoms with Gasteiger partial charge in [0.2, 0.25) is 0 Å². The molecule has 4 nitrogen and oxygen atoms in total. The third-order valence-corrected chi connectivity index (χ3v) is 3.77. The molecule has 1 unspecified atom stereocenters. The minimum absolute atomic E-state index is 0.0781. The number of hydrogen-bond donors (Lipinski definition) is 1. The Balaban J connectivity index is 1.62. The number of amides is 1. The molecular formula is C13H18N2O2. The van der Waals surface area contributed by atoms with E-state index >= 15 is 0 Å². The van der Waals surface area contributed by atoms with E-state index in [-0.39, 0.29) is 11.9 Å². The van der Waals surface area contributed by atoms with Crippen molar-refractivity contribution in [3.8, 4) is 0 Å². The van der Waals surface area contributed by atoms with E-state index in [1.165, 1.54) is 19.5 Å². The van der Waals surface area contributed by atoms with E-state index in [1.807, 2.05) is 13.0 Å². The zero-order valence-corrected chi connectivity index (χ0v) is 10.1. The second kappa shape index (κ2) is 4.18. The molecule has 0 radical (unpaired) electrons. The SMILES string of the molecule is Cc1ccc(C(=O)N[C@@H]2C[C@H]3CCN(C3)C2)o1. The molecule has 92 valence electrons. The van der Waals surface area contributed by atoms with E-state index in [1.54, 1.807) is 6.07 Å². The molecule has 2 saturated heterocycles. The topological polar surface area (TPSA) is 45.5 Å². The van der Waals surface area contributed by atoms with Crippen LogP contribution >= 0.6 is 0 Å². The molecule has 1 amide bonds. The Morgan fingerprint density at radius 3 is 3.06 bits per heavy atom. The van der Waals surface area contributed by atoms with Crippen LogP contribution in [0.5, 0.6) is 0 Å². The fraction of sp³-hybridized carbons (Fsp3) is 0.615. The first-order valence-electron chi connectivity index (χ1n) is 6.30. The number of aryl methyl sites for hydroxylation is 1. The molecule has 1 aromatic rings. The van der Waals surface area contributed by atoms with Gasteiger partial charge in [0.1, 0.15) is 5.76 Å². The number of piperidine rings is 1. The fourth-order valence-electron chi connectivity index (χ4n) is 2.98. The van der Waals surface area contributed by atoms with Gasteiger partial charge in [-0.2, -0.15) is 0 Å². The van der Waals surface area contributed by atoms with E-state index in [9.17, 15) is 4.79 Å². The smallest absolute Gasteiger partial charge is 0.287 e. The summed E-state index contributed by atoms with van der Waals surface area (Å²) in [4.78, 5) is 14.4. The van der Waals surface area contributed by atoms with Crippen LogP contribution in [0.1, 0.15) is 29.2 Å². The fourth-order valence-corrected chi connectivity index (χ4v) is 2.98. The maximum absolute atomic E-state index is 11.9. The van der Waals surface area contributed by atoms with Gasteiger partial charge in [-0.1, -0.05) is 0 Å². The van der Waals surface area contributed by atoms with E-state index in [0.717, 1.165) is 24.6 Å². The molecule has 1 aromatic heterocycles. The van der Waals surface area contributed by atoms with E-state index in [0.29, 0.717) is 5.76 Å². The maximum atomic E-state index is 11.9. The molecule has 2 aliphatic rings. The van der Waals surface area contributed by atoms with Crippen molar-refractivity contribution in [2.45, 2.75) is 25.8 Å². The largest absolute Gasteiger partial charge is 0.456 e. The summed E-state index contributed by atoms with van der Waals surface area (Å²) in [6, 6.07) is 3.85. The van der Waals surface area contributed by atoms with Crippen molar-refractivity contribution in [1.29, 1.82) is 0 Å². The lowest BCUT2D eigenvalue weighted by Crippen LogP contribution is -2.46. The quantitative estimate of drug-likeness (QED) is 0.841. The number of rotatable bonds is 2. The van der Waals surface area contributed by atoms with Gasteiger partial charge in [-0.25, -0.2) is 0 Å². The number of furan rings is 1. The average Bonchev–Trinajstić information content (AvgIpc) is 2.85. The van der Waals surface area contributed by atoms with Crippen LogP contribution < -0.4 is 5.32 Å². The average molecular weight is 234 g/mol. The van der Waals surface area contributed by atoms with Gasteiger partial charge in [0.05, 0.1) is 0 Å². The van der Waals surface area contributed by atoms with Crippen molar-refractivity contribution in [2.24, 2.45) is 5.92 Å². The van der Waals surface area contributed by atoms with Gasteiger partial charge < -0.3 is 14.6 Å². The summed E-state index contributed by atoms with van der Waals surface area (Å²) in [5.41, 5.74) is 0. The first kappa shape index (κ1) is 10.8. The predicted molar refractivity (Wildman–Crippen MR) is 63.9 cm³/mol. The number of carbonyl (C=O) groups excluding carboxylic acids is 1. The van der Waals surface area contributed by atoms with Crippen LogP contribution in [-0.2, 0) is 0 Å². The molecule has 2 aliphatic heterocycles. The van der Waals surface area contributed by atoms with Gasteiger partial charge in [-0.3, -0.25) is 4.79 Å². The molecule has 0 aromatic carbocycles. The molecule has 3 rings (SSSR count). The normalized spacial score (nSPS) is 31.5. The Kier molecular flexibility index (Phi) is 2.67. The first-order valence-corrected chi connectivity index (χ1v) is 6.30. The molecule has 2 bridgehead atoms. The van der Waals surface area contributed by atoms with Gasteiger partial charge >= 0.3 is 0 Å². The summed E-state index contributed by atoms with van der Waals surface area (Å²) in [6.45, 7) is 5.24. The molecule has 3 atom stereocenters. The number of carbonyl (C=O) groups is 1. The minimum Gasteiger partial charge on any atom is -0.456 e. The van der Waals surface area contributed by atoms with Crippen LogP contribution in [0, 0.1) is 12.8 Å². The molecule has 4 heteroatoms. The molecule has 17 heavy (non-hydrogen) atoms. The van der Waals surface area contributed by atoms with Gasteiger partial charge in [-0.15, -0.1) is 0 Å². The molecule has 0 saturated carbocycles. The number of nitrogens with one attached hydrogen (secondary N) is 1. The van der Waals surface area contributed by atoms with Gasteiger partial charge in [0.25, 0.3) is 5.91 Å². The lowest BCUT2D eigenvalue weighted by molar-refractivity contribution is 0.0880. The molecule has 0 aliphatic carbocycles. The Bertz CT molecular complexity index is 415. The predicted octanol–water partition coefficient (Wildman–Crippen LogP) is 1.41. The van der Waals surface area contributed by atoms with Crippen molar-refractivity contribution in [3.63, 3.8) is 0 Å². The van der Waals surface area contributed by atoms with Crippen LogP contribution in [0.4, 0.5) is 0 Å². The van der Waals surface area contributed by atoms with Crippen molar-refractivity contribution < 1.29 is 9.21 Å². The Morgan fingerprint density at radius 1 is 1.47 bits per heavy atom. The monoisotopic (exact) mass is 234 g/mol. The zero-order valence-electron chi connectivity index (χ0n) is 10.1. The van der Waals surface area contributed by atoms with E-state index < -0.39 is 0 Å². The molecule has 3 heterocycles.